The van der Waals surface area contributed by atoms with Gasteiger partial charge in [0.2, 0.25) is 5.91 Å². The van der Waals surface area contributed by atoms with Crippen molar-refractivity contribution in [2.45, 2.75) is 50.1 Å². The van der Waals surface area contributed by atoms with E-state index >= 15 is 0 Å². The first-order valence-corrected chi connectivity index (χ1v) is 11.0. The summed E-state index contributed by atoms with van der Waals surface area (Å²) in [5.41, 5.74) is 0.729. The number of amides is 3. The van der Waals surface area contributed by atoms with Crippen molar-refractivity contribution in [3.63, 3.8) is 0 Å². The number of benzene rings is 1. The summed E-state index contributed by atoms with van der Waals surface area (Å²) in [5.74, 6) is -0.00665. The maximum atomic E-state index is 13.5. The van der Waals surface area contributed by atoms with Crippen LogP contribution in [0.2, 0.25) is 0 Å². The quantitative estimate of drug-likeness (QED) is 0.651. The molecule has 0 radical (unpaired) electrons. The highest BCUT2D eigenvalue weighted by Gasteiger charge is 2.23. The van der Waals surface area contributed by atoms with Crippen molar-refractivity contribution in [1.29, 1.82) is 0 Å². The Kier molecular flexibility index (Phi) is 7.81. The standard InChI is InChI=1S/C20H27FN6O2S/c1-3-22-19(29)23-18(28)14(2)30-20-25-24-17(13-26-11-5-4-6-12-26)27(20)16-9-7-15(21)8-10-16/h7-10,14H,3-6,11-13H2,1-2H3,(H2,22,23,28,29). The third-order valence-electron chi connectivity index (χ3n) is 4.82. The number of urea groups is 1. The lowest BCUT2D eigenvalue weighted by atomic mass is 10.1. The predicted octanol–water partition coefficient (Wildman–Crippen LogP) is 2.72. The molecule has 162 valence electrons. The normalized spacial score (nSPS) is 15.6. The predicted molar refractivity (Wildman–Crippen MR) is 113 cm³/mol. The van der Waals surface area contributed by atoms with E-state index in [-0.39, 0.29) is 5.82 Å². The zero-order chi connectivity index (χ0) is 21.5. The molecule has 2 N–H and O–H groups in total. The number of aromatic nitrogens is 3. The van der Waals surface area contributed by atoms with E-state index in [4.69, 9.17) is 0 Å². The van der Waals surface area contributed by atoms with Gasteiger partial charge in [0, 0.05) is 12.2 Å². The molecule has 0 bridgehead atoms. The van der Waals surface area contributed by atoms with Gasteiger partial charge in [0.15, 0.2) is 11.0 Å². The van der Waals surface area contributed by atoms with Crippen LogP contribution in [0.5, 0.6) is 0 Å². The molecule has 1 unspecified atom stereocenters. The Balaban J connectivity index is 1.81. The summed E-state index contributed by atoms with van der Waals surface area (Å²) in [7, 11) is 0. The highest BCUT2D eigenvalue weighted by Crippen LogP contribution is 2.27. The molecule has 30 heavy (non-hydrogen) atoms. The van der Waals surface area contributed by atoms with Crippen LogP contribution in [0.25, 0.3) is 5.69 Å². The van der Waals surface area contributed by atoms with Gasteiger partial charge in [-0.25, -0.2) is 9.18 Å². The molecule has 3 amide bonds. The Labute approximate surface area is 179 Å². The number of hydrogen-bond acceptors (Lipinski definition) is 6. The zero-order valence-electron chi connectivity index (χ0n) is 17.2. The van der Waals surface area contributed by atoms with Gasteiger partial charge in [-0.3, -0.25) is 19.6 Å². The van der Waals surface area contributed by atoms with E-state index in [1.807, 2.05) is 4.57 Å². The second-order valence-corrected chi connectivity index (χ2v) is 8.46. The average Bonchev–Trinajstić information content (AvgIpc) is 3.11. The minimum atomic E-state index is -0.571. The van der Waals surface area contributed by atoms with E-state index in [1.54, 1.807) is 26.0 Å². The number of hydrogen-bond donors (Lipinski definition) is 2. The van der Waals surface area contributed by atoms with Crippen LogP contribution in [0.1, 0.15) is 38.9 Å². The minimum Gasteiger partial charge on any atom is -0.338 e. The first-order chi connectivity index (χ1) is 14.5. The number of likely N-dealkylation sites (tertiary alicyclic amines) is 1. The van der Waals surface area contributed by atoms with E-state index in [9.17, 15) is 14.0 Å². The molecule has 1 aliphatic rings. The monoisotopic (exact) mass is 434 g/mol. The number of rotatable bonds is 7. The van der Waals surface area contributed by atoms with Gasteiger partial charge in [-0.15, -0.1) is 10.2 Å². The van der Waals surface area contributed by atoms with Crippen molar-refractivity contribution < 1.29 is 14.0 Å². The summed E-state index contributed by atoms with van der Waals surface area (Å²) in [6.07, 6.45) is 3.55. The van der Waals surface area contributed by atoms with Crippen LogP contribution in [0.3, 0.4) is 0 Å². The van der Waals surface area contributed by atoms with Crippen LogP contribution in [0.15, 0.2) is 29.4 Å². The molecular weight excluding hydrogens is 407 g/mol. The fourth-order valence-electron chi connectivity index (χ4n) is 3.28. The summed E-state index contributed by atoms with van der Waals surface area (Å²) in [5, 5.41) is 13.4. The van der Waals surface area contributed by atoms with Gasteiger partial charge in [0.25, 0.3) is 0 Å². The molecule has 0 aliphatic carbocycles. The minimum absolute atomic E-state index is 0.326. The largest absolute Gasteiger partial charge is 0.338 e. The van der Waals surface area contributed by atoms with Crippen LogP contribution in [0.4, 0.5) is 9.18 Å². The number of nitrogens with one attached hydrogen (secondary N) is 2. The van der Waals surface area contributed by atoms with E-state index in [1.165, 1.54) is 30.3 Å². The van der Waals surface area contributed by atoms with Crippen molar-refractivity contribution in [2.75, 3.05) is 19.6 Å². The Morgan fingerprint density at radius 3 is 2.53 bits per heavy atom. The molecule has 2 aromatic rings. The number of halogens is 1. The molecule has 0 saturated carbocycles. The molecule has 1 atom stereocenters. The van der Waals surface area contributed by atoms with Crippen molar-refractivity contribution in [1.82, 2.24) is 30.3 Å². The first-order valence-electron chi connectivity index (χ1n) is 10.2. The summed E-state index contributed by atoms with van der Waals surface area (Å²) < 4.78 is 15.3. The summed E-state index contributed by atoms with van der Waals surface area (Å²) in [4.78, 5) is 26.3. The molecule has 1 fully saturated rings. The van der Waals surface area contributed by atoms with Gasteiger partial charge >= 0.3 is 6.03 Å². The van der Waals surface area contributed by atoms with Crippen molar-refractivity contribution >= 4 is 23.7 Å². The molecular formula is C20H27FN6O2S. The van der Waals surface area contributed by atoms with Gasteiger partial charge in [-0.2, -0.15) is 0 Å². The third-order valence-corrected chi connectivity index (χ3v) is 5.87. The second kappa shape index (κ2) is 10.5. The number of carbonyl (C=O) groups is 2. The van der Waals surface area contributed by atoms with E-state index in [0.717, 1.165) is 37.4 Å². The Morgan fingerprint density at radius 2 is 1.87 bits per heavy atom. The van der Waals surface area contributed by atoms with Crippen LogP contribution in [0, 0.1) is 5.82 Å². The van der Waals surface area contributed by atoms with E-state index in [2.05, 4.69) is 25.7 Å². The molecule has 1 aromatic heterocycles. The molecule has 3 rings (SSSR count). The summed E-state index contributed by atoms with van der Waals surface area (Å²) >= 11 is 1.21. The SMILES string of the molecule is CCNC(=O)NC(=O)C(C)Sc1nnc(CN2CCCCC2)n1-c1ccc(F)cc1. The topological polar surface area (TPSA) is 92.2 Å². The highest BCUT2D eigenvalue weighted by atomic mass is 32.2. The molecule has 1 saturated heterocycles. The first kappa shape index (κ1) is 22.2. The lowest BCUT2D eigenvalue weighted by Crippen LogP contribution is -2.42. The maximum absolute atomic E-state index is 13.5. The lowest BCUT2D eigenvalue weighted by molar-refractivity contribution is -0.119. The second-order valence-electron chi connectivity index (χ2n) is 7.16. The molecule has 0 spiro atoms. The Hall–Kier alpha value is -2.46. The molecule has 10 heteroatoms. The van der Waals surface area contributed by atoms with Gasteiger partial charge in [0.05, 0.1) is 11.8 Å². The molecule has 1 aliphatic heterocycles. The average molecular weight is 435 g/mol. The zero-order valence-corrected chi connectivity index (χ0v) is 18.0. The van der Waals surface area contributed by atoms with Crippen molar-refractivity contribution in [2.24, 2.45) is 0 Å². The van der Waals surface area contributed by atoms with E-state index < -0.39 is 17.2 Å². The summed E-state index contributed by atoms with van der Waals surface area (Å²) in [6, 6.07) is 5.59. The van der Waals surface area contributed by atoms with Crippen LogP contribution >= 0.6 is 11.8 Å². The molecule has 2 heterocycles. The Bertz CT molecular complexity index is 867. The van der Waals surface area contributed by atoms with Crippen LogP contribution < -0.4 is 10.6 Å². The van der Waals surface area contributed by atoms with Crippen LogP contribution in [-0.2, 0) is 11.3 Å². The van der Waals surface area contributed by atoms with E-state index in [0.29, 0.717) is 18.2 Å². The number of imide groups is 1. The Morgan fingerprint density at radius 1 is 1.17 bits per heavy atom. The van der Waals surface area contributed by atoms with Gasteiger partial charge in [0.1, 0.15) is 5.82 Å². The fraction of sp³-hybridized carbons (Fsp3) is 0.500. The van der Waals surface area contributed by atoms with Crippen LogP contribution in [-0.4, -0.2) is 56.5 Å². The lowest BCUT2D eigenvalue weighted by Gasteiger charge is -2.26. The smallest absolute Gasteiger partial charge is 0.321 e. The fourth-order valence-corrected chi connectivity index (χ4v) is 4.16. The van der Waals surface area contributed by atoms with Gasteiger partial charge in [-0.1, -0.05) is 18.2 Å². The molecule has 1 aromatic carbocycles. The van der Waals surface area contributed by atoms with Gasteiger partial charge < -0.3 is 5.32 Å². The molecule has 8 nitrogen and oxygen atoms in total. The van der Waals surface area contributed by atoms with Gasteiger partial charge in [-0.05, 0) is 64.0 Å². The third kappa shape index (κ3) is 5.79. The van der Waals surface area contributed by atoms with Crippen molar-refractivity contribution in [3.8, 4) is 5.69 Å². The number of nitrogens with zero attached hydrogens (tertiary/aromatic N) is 4. The summed E-state index contributed by atoms with van der Waals surface area (Å²) in [6.45, 7) is 6.54. The maximum Gasteiger partial charge on any atom is 0.321 e. The highest BCUT2D eigenvalue weighted by molar-refractivity contribution is 8.00. The number of thioether (sulfide) groups is 1. The number of piperidine rings is 1. The number of carbonyl (C=O) groups excluding carboxylic acids is 2. The van der Waals surface area contributed by atoms with Crippen molar-refractivity contribution in [3.05, 3.63) is 35.9 Å².